The predicted molar refractivity (Wildman–Crippen MR) is 76.4 cm³/mol. The lowest BCUT2D eigenvalue weighted by atomic mass is 10.2. The van der Waals surface area contributed by atoms with Crippen LogP contribution in [0.1, 0.15) is 16.8 Å². The number of carboxylic acids is 1. The predicted octanol–water partition coefficient (Wildman–Crippen LogP) is 2.63. The van der Waals surface area contributed by atoms with E-state index in [1.54, 1.807) is 42.6 Å². The Balaban J connectivity index is 2.01. The van der Waals surface area contributed by atoms with Crippen molar-refractivity contribution >= 4 is 12.0 Å². The Morgan fingerprint density at radius 3 is 2.76 bits per heavy atom. The molecule has 0 amide bonds. The standard InChI is InChI=1S/C16H12N2O3/c17-10-15-13(2-1-9-18-15)11-21-14-6-3-12(4-7-14)5-8-16(19)20/h1-9H,11H2,(H,19,20). The fourth-order valence-electron chi connectivity index (χ4n) is 1.66. The van der Waals surface area contributed by atoms with E-state index in [2.05, 4.69) is 4.98 Å². The maximum absolute atomic E-state index is 10.4. The Hall–Kier alpha value is -3.13. The summed E-state index contributed by atoms with van der Waals surface area (Å²) in [5.41, 5.74) is 1.83. The number of ether oxygens (including phenoxy) is 1. The van der Waals surface area contributed by atoms with Crippen molar-refractivity contribution in [2.45, 2.75) is 6.61 Å². The van der Waals surface area contributed by atoms with Gasteiger partial charge in [0.1, 0.15) is 24.1 Å². The van der Waals surface area contributed by atoms with Gasteiger partial charge >= 0.3 is 5.97 Å². The van der Waals surface area contributed by atoms with Crippen LogP contribution < -0.4 is 4.74 Å². The SMILES string of the molecule is N#Cc1ncccc1COc1ccc(C=CC(=O)O)cc1. The maximum atomic E-state index is 10.4. The van der Waals surface area contributed by atoms with Gasteiger partial charge in [-0.3, -0.25) is 0 Å². The molecule has 2 aromatic rings. The lowest BCUT2D eigenvalue weighted by Gasteiger charge is -2.07. The lowest BCUT2D eigenvalue weighted by molar-refractivity contribution is -0.131. The molecule has 0 spiro atoms. The van der Waals surface area contributed by atoms with Crippen molar-refractivity contribution in [3.05, 3.63) is 65.5 Å². The highest BCUT2D eigenvalue weighted by Crippen LogP contribution is 2.15. The van der Waals surface area contributed by atoms with Crippen LogP contribution in [0.2, 0.25) is 0 Å². The zero-order chi connectivity index (χ0) is 15.1. The van der Waals surface area contributed by atoms with E-state index in [1.807, 2.05) is 6.07 Å². The van der Waals surface area contributed by atoms with Gasteiger partial charge in [0, 0.05) is 17.8 Å². The third kappa shape index (κ3) is 4.18. The molecule has 0 aliphatic rings. The number of aromatic nitrogens is 1. The minimum atomic E-state index is -0.990. The molecule has 0 saturated heterocycles. The zero-order valence-electron chi connectivity index (χ0n) is 11.1. The van der Waals surface area contributed by atoms with E-state index < -0.39 is 5.97 Å². The number of pyridine rings is 1. The first-order chi connectivity index (χ1) is 10.2. The Kier molecular flexibility index (Phi) is 4.67. The maximum Gasteiger partial charge on any atom is 0.328 e. The van der Waals surface area contributed by atoms with Crippen molar-refractivity contribution in [1.29, 1.82) is 5.26 Å². The number of hydrogen-bond acceptors (Lipinski definition) is 4. The van der Waals surface area contributed by atoms with Gasteiger partial charge in [0.25, 0.3) is 0 Å². The summed E-state index contributed by atoms with van der Waals surface area (Å²) in [6.07, 6.45) is 4.14. The third-order valence-corrected chi connectivity index (χ3v) is 2.69. The van der Waals surface area contributed by atoms with E-state index in [4.69, 9.17) is 15.1 Å². The van der Waals surface area contributed by atoms with E-state index >= 15 is 0 Å². The molecule has 1 aromatic carbocycles. The van der Waals surface area contributed by atoms with Gasteiger partial charge in [0.15, 0.2) is 0 Å². The quantitative estimate of drug-likeness (QED) is 0.851. The molecule has 0 saturated carbocycles. The first-order valence-corrected chi connectivity index (χ1v) is 6.17. The molecule has 21 heavy (non-hydrogen) atoms. The number of hydrogen-bond donors (Lipinski definition) is 1. The highest BCUT2D eigenvalue weighted by molar-refractivity contribution is 5.85. The van der Waals surface area contributed by atoms with Crippen molar-refractivity contribution in [2.24, 2.45) is 0 Å². The molecule has 0 unspecified atom stereocenters. The van der Waals surface area contributed by atoms with Gasteiger partial charge in [0.05, 0.1) is 0 Å². The largest absolute Gasteiger partial charge is 0.489 e. The summed E-state index contributed by atoms with van der Waals surface area (Å²) in [6, 6.07) is 12.5. The van der Waals surface area contributed by atoms with Crippen LogP contribution in [0.15, 0.2) is 48.7 Å². The lowest BCUT2D eigenvalue weighted by Crippen LogP contribution is -1.99. The van der Waals surface area contributed by atoms with Crippen molar-refractivity contribution in [3.8, 4) is 11.8 Å². The molecule has 1 heterocycles. The van der Waals surface area contributed by atoms with Gasteiger partial charge in [-0.15, -0.1) is 0 Å². The Labute approximate surface area is 121 Å². The van der Waals surface area contributed by atoms with Crippen LogP contribution in [-0.4, -0.2) is 16.1 Å². The molecule has 0 atom stereocenters. The van der Waals surface area contributed by atoms with Crippen LogP contribution >= 0.6 is 0 Å². The zero-order valence-corrected chi connectivity index (χ0v) is 11.1. The van der Waals surface area contributed by atoms with Gasteiger partial charge < -0.3 is 9.84 Å². The second-order valence-electron chi connectivity index (χ2n) is 4.15. The number of carboxylic acid groups (broad SMARTS) is 1. The average molecular weight is 280 g/mol. The van der Waals surface area contributed by atoms with Crippen LogP contribution in [0.4, 0.5) is 0 Å². The minimum absolute atomic E-state index is 0.251. The second-order valence-corrected chi connectivity index (χ2v) is 4.15. The summed E-state index contributed by atoms with van der Waals surface area (Å²) in [7, 11) is 0. The highest BCUT2D eigenvalue weighted by atomic mass is 16.5. The van der Waals surface area contributed by atoms with Crippen LogP contribution in [-0.2, 0) is 11.4 Å². The van der Waals surface area contributed by atoms with E-state index in [0.717, 1.165) is 17.2 Å². The second kappa shape index (κ2) is 6.87. The third-order valence-electron chi connectivity index (χ3n) is 2.69. The molecule has 104 valence electrons. The monoisotopic (exact) mass is 280 g/mol. The molecule has 1 N–H and O–H groups in total. The summed E-state index contributed by atoms with van der Waals surface area (Å²) in [4.78, 5) is 14.4. The van der Waals surface area contributed by atoms with Gasteiger partial charge in [-0.05, 0) is 29.8 Å². The number of rotatable bonds is 5. The number of nitrogens with zero attached hydrogens (tertiary/aromatic N) is 2. The molecular formula is C16H12N2O3. The first kappa shape index (κ1) is 14.3. The van der Waals surface area contributed by atoms with Crippen LogP contribution in [0.5, 0.6) is 5.75 Å². The average Bonchev–Trinajstić information content (AvgIpc) is 2.52. The summed E-state index contributed by atoms with van der Waals surface area (Å²) in [6.45, 7) is 0.251. The highest BCUT2D eigenvalue weighted by Gasteiger charge is 2.03. The Morgan fingerprint density at radius 1 is 1.33 bits per heavy atom. The Bertz CT molecular complexity index is 700. The van der Waals surface area contributed by atoms with E-state index in [9.17, 15) is 4.79 Å². The van der Waals surface area contributed by atoms with Crippen LogP contribution in [0.25, 0.3) is 6.08 Å². The topological polar surface area (TPSA) is 83.2 Å². The van der Waals surface area contributed by atoms with Gasteiger partial charge in [-0.25, -0.2) is 9.78 Å². The smallest absolute Gasteiger partial charge is 0.328 e. The van der Waals surface area contributed by atoms with E-state index in [1.165, 1.54) is 6.08 Å². The van der Waals surface area contributed by atoms with Crippen LogP contribution in [0, 0.1) is 11.3 Å². The van der Waals surface area contributed by atoms with Crippen LogP contribution in [0.3, 0.4) is 0 Å². The molecule has 5 nitrogen and oxygen atoms in total. The van der Waals surface area contributed by atoms with Gasteiger partial charge in [-0.1, -0.05) is 18.2 Å². The number of nitriles is 1. The number of benzene rings is 1. The fraction of sp³-hybridized carbons (Fsp3) is 0.0625. The summed E-state index contributed by atoms with van der Waals surface area (Å²) < 4.78 is 5.58. The fourth-order valence-corrected chi connectivity index (χ4v) is 1.66. The van der Waals surface area contributed by atoms with Crippen molar-refractivity contribution in [3.63, 3.8) is 0 Å². The molecule has 0 fully saturated rings. The number of carbonyl (C=O) groups is 1. The molecule has 1 aromatic heterocycles. The van der Waals surface area contributed by atoms with Gasteiger partial charge in [0.2, 0.25) is 0 Å². The molecule has 0 bridgehead atoms. The minimum Gasteiger partial charge on any atom is -0.489 e. The van der Waals surface area contributed by atoms with E-state index in [-0.39, 0.29) is 6.61 Å². The van der Waals surface area contributed by atoms with Crippen molar-refractivity contribution < 1.29 is 14.6 Å². The summed E-state index contributed by atoms with van der Waals surface area (Å²) >= 11 is 0. The molecule has 0 aliphatic heterocycles. The summed E-state index contributed by atoms with van der Waals surface area (Å²) in [5.74, 6) is -0.355. The first-order valence-electron chi connectivity index (χ1n) is 6.17. The normalized spacial score (nSPS) is 10.2. The van der Waals surface area contributed by atoms with Crippen molar-refractivity contribution in [1.82, 2.24) is 4.98 Å². The van der Waals surface area contributed by atoms with Crippen molar-refractivity contribution in [2.75, 3.05) is 0 Å². The summed E-state index contributed by atoms with van der Waals surface area (Å²) in [5, 5.41) is 17.5. The Morgan fingerprint density at radius 2 is 2.10 bits per heavy atom. The molecule has 0 aliphatic carbocycles. The van der Waals surface area contributed by atoms with E-state index in [0.29, 0.717) is 11.4 Å². The molecule has 0 radical (unpaired) electrons. The van der Waals surface area contributed by atoms with Gasteiger partial charge in [-0.2, -0.15) is 5.26 Å². The molecule has 2 rings (SSSR count). The molecule has 5 heteroatoms. The molecular weight excluding hydrogens is 268 g/mol. The number of aliphatic carboxylic acids is 1.